The van der Waals surface area contributed by atoms with Gasteiger partial charge < -0.3 is 5.11 Å². The maximum absolute atomic E-state index is 12.8. The second kappa shape index (κ2) is 5.06. The van der Waals surface area contributed by atoms with Crippen molar-refractivity contribution in [1.29, 1.82) is 0 Å². The van der Waals surface area contributed by atoms with E-state index in [0.29, 0.717) is 37.2 Å². The van der Waals surface area contributed by atoms with Crippen molar-refractivity contribution in [3.05, 3.63) is 29.3 Å². The number of aryl methyl sites for hydroxylation is 2. The first-order valence-electron chi connectivity index (χ1n) is 7.56. The Bertz CT molecular complexity index is 718. The zero-order chi connectivity index (χ0) is 16.1. The normalized spacial score (nSPS) is 24.4. The van der Waals surface area contributed by atoms with Crippen LogP contribution in [0.25, 0.3) is 0 Å². The topological polar surface area (TPSA) is 74.7 Å². The lowest BCUT2D eigenvalue weighted by molar-refractivity contribution is -0.139. The van der Waals surface area contributed by atoms with E-state index in [1.54, 1.807) is 6.07 Å². The Hall–Kier alpha value is -1.40. The monoisotopic (exact) mass is 323 g/mol. The van der Waals surface area contributed by atoms with Crippen LogP contribution < -0.4 is 0 Å². The molecule has 2 aliphatic rings. The number of carbonyl (C=O) groups is 1. The van der Waals surface area contributed by atoms with E-state index in [0.717, 1.165) is 11.1 Å². The van der Waals surface area contributed by atoms with Gasteiger partial charge in [-0.3, -0.25) is 4.79 Å². The average molecular weight is 323 g/mol. The van der Waals surface area contributed by atoms with Crippen molar-refractivity contribution in [2.45, 2.75) is 38.0 Å². The summed E-state index contributed by atoms with van der Waals surface area (Å²) in [4.78, 5) is 11.4. The van der Waals surface area contributed by atoms with Crippen LogP contribution in [0.4, 0.5) is 0 Å². The Morgan fingerprint density at radius 2 is 1.91 bits per heavy atom. The van der Waals surface area contributed by atoms with E-state index in [1.165, 1.54) is 4.31 Å². The van der Waals surface area contributed by atoms with Crippen molar-refractivity contribution in [2.75, 3.05) is 13.1 Å². The van der Waals surface area contributed by atoms with Crippen molar-refractivity contribution in [2.24, 2.45) is 11.3 Å². The van der Waals surface area contributed by atoms with Crippen molar-refractivity contribution in [3.63, 3.8) is 0 Å². The van der Waals surface area contributed by atoms with E-state index in [4.69, 9.17) is 5.11 Å². The highest BCUT2D eigenvalue weighted by molar-refractivity contribution is 7.89. The molecule has 1 aromatic carbocycles. The molecule has 1 saturated carbocycles. The molecule has 1 saturated heterocycles. The molecule has 0 amide bonds. The van der Waals surface area contributed by atoms with Gasteiger partial charge in [-0.15, -0.1) is 0 Å². The van der Waals surface area contributed by atoms with Crippen LogP contribution in [0.2, 0.25) is 0 Å². The number of piperidine rings is 1. The molecule has 120 valence electrons. The van der Waals surface area contributed by atoms with E-state index < -0.39 is 16.0 Å². The van der Waals surface area contributed by atoms with Crippen molar-refractivity contribution < 1.29 is 18.3 Å². The molecule has 1 aliphatic carbocycles. The van der Waals surface area contributed by atoms with E-state index >= 15 is 0 Å². The van der Waals surface area contributed by atoms with E-state index in [1.807, 2.05) is 26.0 Å². The number of hydrogen-bond acceptors (Lipinski definition) is 3. The first kappa shape index (κ1) is 15.5. The third kappa shape index (κ3) is 2.44. The van der Waals surface area contributed by atoms with Gasteiger partial charge in [0.05, 0.1) is 10.8 Å². The number of benzene rings is 1. The molecule has 6 heteroatoms. The Labute approximate surface area is 131 Å². The maximum Gasteiger partial charge on any atom is 0.307 e. The average Bonchev–Trinajstić information content (AvgIpc) is 3.13. The van der Waals surface area contributed by atoms with Crippen LogP contribution in [-0.2, 0) is 14.8 Å². The molecule has 1 atom stereocenters. The van der Waals surface area contributed by atoms with Gasteiger partial charge in [0.25, 0.3) is 0 Å². The Morgan fingerprint density at radius 1 is 1.27 bits per heavy atom. The maximum atomic E-state index is 12.8. The number of nitrogens with zero attached hydrogens (tertiary/aromatic N) is 1. The van der Waals surface area contributed by atoms with E-state index in [-0.39, 0.29) is 11.3 Å². The van der Waals surface area contributed by atoms with E-state index in [2.05, 4.69) is 0 Å². The predicted molar refractivity (Wildman–Crippen MR) is 82.1 cm³/mol. The molecule has 0 bridgehead atoms. The molecule has 0 radical (unpaired) electrons. The highest BCUT2D eigenvalue weighted by Crippen LogP contribution is 2.59. The van der Waals surface area contributed by atoms with Gasteiger partial charge >= 0.3 is 5.97 Å². The highest BCUT2D eigenvalue weighted by atomic mass is 32.2. The zero-order valence-corrected chi connectivity index (χ0v) is 13.7. The molecule has 2 fully saturated rings. The number of carboxylic acids is 1. The second-order valence-electron chi connectivity index (χ2n) is 6.63. The van der Waals surface area contributed by atoms with Crippen LogP contribution >= 0.6 is 0 Å². The molecule has 22 heavy (non-hydrogen) atoms. The van der Waals surface area contributed by atoms with Gasteiger partial charge in [0, 0.05) is 13.1 Å². The quantitative estimate of drug-likeness (QED) is 0.925. The number of sulfonamides is 1. The molecule has 1 aromatic rings. The van der Waals surface area contributed by atoms with Crippen LogP contribution in [0.3, 0.4) is 0 Å². The molecular weight excluding hydrogens is 302 g/mol. The summed E-state index contributed by atoms with van der Waals surface area (Å²) in [6.45, 7) is 4.58. The lowest BCUT2D eigenvalue weighted by Gasteiger charge is -2.32. The van der Waals surface area contributed by atoms with Crippen LogP contribution in [0.15, 0.2) is 23.1 Å². The van der Waals surface area contributed by atoms with Crippen molar-refractivity contribution in [1.82, 2.24) is 4.31 Å². The second-order valence-corrected chi connectivity index (χ2v) is 8.54. The highest BCUT2D eigenvalue weighted by Gasteiger charge is 2.59. The van der Waals surface area contributed by atoms with Gasteiger partial charge in [-0.1, -0.05) is 17.7 Å². The SMILES string of the molecule is Cc1ccc(S(=O)(=O)N2CCC3(CC2)CC3C(=O)O)c(C)c1. The first-order valence-corrected chi connectivity index (χ1v) is 9.00. The summed E-state index contributed by atoms with van der Waals surface area (Å²) in [7, 11) is -3.48. The predicted octanol–water partition coefficient (Wildman–Crippen LogP) is 2.18. The third-order valence-electron chi connectivity index (χ3n) is 5.15. The standard InChI is InChI=1S/C16H21NO4S/c1-11-3-4-14(12(2)9-11)22(20,21)17-7-5-16(6-8-17)10-13(16)15(18)19/h3-4,9,13H,5-8,10H2,1-2H3,(H,18,19). The van der Waals surface area contributed by atoms with Gasteiger partial charge in [0.1, 0.15) is 0 Å². The molecule has 5 nitrogen and oxygen atoms in total. The Morgan fingerprint density at radius 3 is 2.41 bits per heavy atom. The number of aliphatic carboxylic acids is 1. The Balaban J connectivity index is 1.77. The summed E-state index contributed by atoms with van der Waals surface area (Å²) in [5.41, 5.74) is 1.65. The fraction of sp³-hybridized carbons (Fsp3) is 0.562. The molecule has 1 N–H and O–H groups in total. The summed E-state index contributed by atoms with van der Waals surface area (Å²) in [5.74, 6) is -1.02. The smallest absolute Gasteiger partial charge is 0.307 e. The van der Waals surface area contributed by atoms with Crippen LogP contribution in [0.5, 0.6) is 0 Å². The number of carboxylic acid groups (broad SMARTS) is 1. The fourth-order valence-corrected chi connectivity index (χ4v) is 5.30. The van der Waals surface area contributed by atoms with Gasteiger partial charge in [-0.2, -0.15) is 4.31 Å². The summed E-state index contributed by atoms with van der Waals surface area (Å²) in [5, 5.41) is 9.11. The zero-order valence-electron chi connectivity index (χ0n) is 12.9. The molecule has 1 aliphatic heterocycles. The van der Waals surface area contributed by atoms with Gasteiger partial charge in [0.2, 0.25) is 10.0 Å². The molecule has 0 aromatic heterocycles. The molecule has 1 spiro atoms. The van der Waals surface area contributed by atoms with Crippen molar-refractivity contribution in [3.8, 4) is 0 Å². The number of hydrogen-bond donors (Lipinski definition) is 1. The minimum Gasteiger partial charge on any atom is -0.481 e. The minimum absolute atomic E-state index is 0.153. The largest absolute Gasteiger partial charge is 0.481 e. The summed E-state index contributed by atoms with van der Waals surface area (Å²) in [6.07, 6.45) is 1.99. The van der Waals surface area contributed by atoms with Crippen LogP contribution in [0.1, 0.15) is 30.4 Å². The Kier molecular flexibility index (Phi) is 3.57. The molecule has 3 rings (SSSR count). The van der Waals surface area contributed by atoms with Crippen molar-refractivity contribution >= 4 is 16.0 Å². The van der Waals surface area contributed by atoms with Gasteiger partial charge in [0.15, 0.2) is 0 Å². The minimum atomic E-state index is -3.48. The van der Waals surface area contributed by atoms with Gasteiger partial charge in [-0.25, -0.2) is 8.42 Å². The van der Waals surface area contributed by atoms with Crippen LogP contribution in [0, 0.1) is 25.2 Å². The van der Waals surface area contributed by atoms with Crippen LogP contribution in [-0.4, -0.2) is 36.9 Å². The number of rotatable bonds is 3. The summed E-state index contributed by atoms with van der Waals surface area (Å²) < 4.78 is 27.1. The lowest BCUT2D eigenvalue weighted by Crippen LogP contribution is -2.40. The third-order valence-corrected chi connectivity index (χ3v) is 7.21. The van der Waals surface area contributed by atoms with Gasteiger partial charge in [-0.05, 0) is 50.2 Å². The summed E-state index contributed by atoms with van der Waals surface area (Å²) >= 11 is 0. The summed E-state index contributed by atoms with van der Waals surface area (Å²) in [6, 6.07) is 5.36. The lowest BCUT2D eigenvalue weighted by atomic mass is 9.92. The fourth-order valence-electron chi connectivity index (χ4n) is 3.65. The molecule has 1 heterocycles. The molecule has 1 unspecified atom stereocenters. The molecular formula is C16H21NO4S. The van der Waals surface area contributed by atoms with E-state index in [9.17, 15) is 13.2 Å². The first-order chi connectivity index (χ1) is 10.3.